The monoisotopic (exact) mass is 283 g/mol. The van der Waals surface area contributed by atoms with Gasteiger partial charge < -0.3 is 15.3 Å². The Bertz CT molecular complexity index is 280. The molecule has 2 fully saturated rings. The fraction of sp³-hybridized carbons (Fsp3) is 1.00. The molecule has 0 bridgehead atoms. The van der Waals surface area contributed by atoms with Gasteiger partial charge in [-0.2, -0.15) is 0 Å². The van der Waals surface area contributed by atoms with Crippen LogP contribution in [-0.4, -0.2) is 48.4 Å². The number of unbranched alkanes of at least 4 members (excludes halogenated alkanes) is 1. The predicted octanol–water partition coefficient (Wildman–Crippen LogP) is 2.52. The van der Waals surface area contributed by atoms with E-state index in [9.17, 15) is 5.11 Å². The van der Waals surface area contributed by atoms with Crippen molar-refractivity contribution in [2.45, 2.75) is 64.3 Å². The number of piperidine rings is 1. The second-order valence-corrected chi connectivity index (χ2v) is 7.49. The first-order valence-electron chi connectivity index (χ1n) is 8.89. The average Bonchev–Trinajstić information content (AvgIpc) is 2.38. The van der Waals surface area contributed by atoms with Gasteiger partial charge in [-0.1, -0.05) is 26.2 Å². The molecule has 0 radical (unpaired) electrons. The van der Waals surface area contributed by atoms with Gasteiger partial charge in [-0.05, 0) is 25.7 Å². The number of nitrogens with two attached hydrogens (primary N) is 1. The smallest absolute Gasteiger partial charge is 0.0940 e. The van der Waals surface area contributed by atoms with Gasteiger partial charge in [-0.15, -0.1) is 0 Å². The van der Waals surface area contributed by atoms with E-state index in [4.69, 9.17) is 5.73 Å². The van der Waals surface area contributed by atoms with E-state index in [1.165, 1.54) is 62.5 Å². The molecule has 0 aromatic rings. The van der Waals surface area contributed by atoms with Gasteiger partial charge in [0, 0.05) is 24.9 Å². The SMILES string of the molecule is CCCCC1CC(N)C[N+](CCCO)(CC2CCC2)C1. The molecule has 2 aliphatic rings. The van der Waals surface area contributed by atoms with Crippen molar-refractivity contribution in [2.24, 2.45) is 17.6 Å². The molecule has 2 rings (SSSR count). The van der Waals surface area contributed by atoms with Crippen molar-refractivity contribution in [3.05, 3.63) is 0 Å². The number of likely N-dealkylation sites (tertiary alicyclic amines) is 1. The Balaban J connectivity index is 1.97. The quantitative estimate of drug-likeness (QED) is 0.672. The van der Waals surface area contributed by atoms with Crippen LogP contribution in [0.3, 0.4) is 0 Å². The van der Waals surface area contributed by atoms with Crippen LogP contribution in [0.4, 0.5) is 0 Å². The molecule has 0 aromatic carbocycles. The number of rotatable bonds is 8. The summed E-state index contributed by atoms with van der Waals surface area (Å²) in [7, 11) is 0. The summed E-state index contributed by atoms with van der Waals surface area (Å²) in [4.78, 5) is 0. The predicted molar refractivity (Wildman–Crippen MR) is 84.4 cm³/mol. The molecule has 1 aliphatic carbocycles. The molecule has 0 amide bonds. The Morgan fingerprint density at radius 2 is 1.95 bits per heavy atom. The summed E-state index contributed by atoms with van der Waals surface area (Å²) < 4.78 is 1.21. The van der Waals surface area contributed by atoms with Crippen LogP contribution >= 0.6 is 0 Å². The molecule has 3 N–H and O–H groups in total. The van der Waals surface area contributed by atoms with Crippen molar-refractivity contribution in [1.82, 2.24) is 0 Å². The Hall–Kier alpha value is -0.120. The summed E-state index contributed by atoms with van der Waals surface area (Å²) in [5.41, 5.74) is 6.40. The number of quaternary nitrogens is 1. The Morgan fingerprint density at radius 1 is 1.15 bits per heavy atom. The number of aliphatic hydroxyl groups excluding tert-OH is 1. The molecular weight excluding hydrogens is 248 g/mol. The molecule has 1 saturated heterocycles. The minimum absolute atomic E-state index is 0.333. The van der Waals surface area contributed by atoms with Gasteiger partial charge in [-0.3, -0.25) is 0 Å². The van der Waals surface area contributed by atoms with Crippen LogP contribution in [0.25, 0.3) is 0 Å². The zero-order valence-electron chi connectivity index (χ0n) is 13.4. The first-order valence-corrected chi connectivity index (χ1v) is 8.89. The molecule has 3 unspecified atom stereocenters. The lowest BCUT2D eigenvalue weighted by Gasteiger charge is -2.49. The summed E-state index contributed by atoms with van der Waals surface area (Å²) in [6.07, 6.45) is 10.4. The van der Waals surface area contributed by atoms with Gasteiger partial charge in [0.15, 0.2) is 0 Å². The van der Waals surface area contributed by atoms with Crippen molar-refractivity contribution in [3.8, 4) is 0 Å². The molecule has 20 heavy (non-hydrogen) atoms. The lowest BCUT2D eigenvalue weighted by Crippen LogP contribution is -2.62. The van der Waals surface area contributed by atoms with E-state index in [1.54, 1.807) is 0 Å². The molecule has 118 valence electrons. The van der Waals surface area contributed by atoms with E-state index < -0.39 is 0 Å². The molecule has 1 heterocycles. The molecule has 0 aromatic heterocycles. The van der Waals surface area contributed by atoms with Gasteiger partial charge in [0.2, 0.25) is 0 Å². The largest absolute Gasteiger partial charge is 0.396 e. The summed E-state index contributed by atoms with van der Waals surface area (Å²) in [5, 5.41) is 9.25. The fourth-order valence-electron chi connectivity index (χ4n) is 4.45. The van der Waals surface area contributed by atoms with E-state index in [0.29, 0.717) is 12.6 Å². The topological polar surface area (TPSA) is 46.2 Å². The van der Waals surface area contributed by atoms with Crippen LogP contribution in [0, 0.1) is 11.8 Å². The molecule has 3 atom stereocenters. The highest BCUT2D eigenvalue weighted by atomic mass is 16.3. The van der Waals surface area contributed by atoms with Gasteiger partial charge in [0.1, 0.15) is 0 Å². The Morgan fingerprint density at radius 3 is 2.55 bits per heavy atom. The first-order chi connectivity index (χ1) is 9.67. The first kappa shape index (κ1) is 16.3. The van der Waals surface area contributed by atoms with Crippen LogP contribution in [0.5, 0.6) is 0 Å². The van der Waals surface area contributed by atoms with Crippen molar-refractivity contribution >= 4 is 0 Å². The molecule has 1 aliphatic heterocycles. The molecule has 3 heteroatoms. The maximum absolute atomic E-state index is 9.25. The van der Waals surface area contributed by atoms with E-state index in [2.05, 4.69) is 6.92 Å². The van der Waals surface area contributed by atoms with Crippen molar-refractivity contribution in [1.29, 1.82) is 0 Å². The summed E-state index contributed by atoms with van der Waals surface area (Å²) in [6, 6.07) is 0.379. The molecule has 0 spiro atoms. The Labute approximate surface area is 125 Å². The van der Waals surface area contributed by atoms with E-state index in [-0.39, 0.29) is 0 Å². The summed E-state index contributed by atoms with van der Waals surface area (Å²) >= 11 is 0. The minimum atomic E-state index is 0.333. The number of hydrogen-bond acceptors (Lipinski definition) is 2. The van der Waals surface area contributed by atoms with Crippen molar-refractivity contribution in [3.63, 3.8) is 0 Å². The summed E-state index contributed by atoms with van der Waals surface area (Å²) in [5.74, 6) is 1.75. The van der Waals surface area contributed by atoms with Crippen LogP contribution in [0.2, 0.25) is 0 Å². The average molecular weight is 283 g/mol. The molecule has 1 saturated carbocycles. The third-order valence-corrected chi connectivity index (χ3v) is 5.53. The zero-order chi connectivity index (χ0) is 14.4. The Kier molecular flexibility index (Phi) is 6.31. The maximum Gasteiger partial charge on any atom is 0.0940 e. The lowest BCUT2D eigenvalue weighted by molar-refractivity contribution is -0.940. The number of nitrogens with zero attached hydrogens (tertiary/aromatic N) is 1. The molecule has 3 nitrogen and oxygen atoms in total. The van der Waals surface area contributed by atoms with E-state index in [1.807, 2.05) is 0 Å². The second-order valence-electron chi connectivity index (χ2n) is 7.49. The highest BCUT2D eigenvalue weighted by molar-refractivity contribution is 4.78. The van der Waals surface area contributed by atoms with E-state index in [0.717, 1.165) is 31.3 Å². The highest BCUT2D eigenvalue weighted by Crippen LogP contribution is 2.34. The van der Waals surface area contributed by atoms with Crippen LogP contribution < -0.4 is 5.73 Å². The highest BCUT2D eigenvalue weighted by Gasteiger charge is 2.40. The van der Waals surface area contributed by atoms with Crippen LogP contribution in [-0.2, 0) is 0 Å². The maximum atomic E-state index is 9.25. The third-order valence-electron chi connectivity index (χ3n) is 5.53. The third kappa shape index (κ3) is 4.44. The van der Waals surface area contributed by atoms with Crippen molar-refractivity contribution in [2.75, 3.05) is 32.8 Å². The van der Waals surface area contributed by atoms with Crippen LogP contribution in [0.1, 0.15) is 58.3 Å². The van der Waals surface area contributed by atoms with E-state index >= 15 is 0 Å². The van der Waals surface area contributed by atoms with Crippen molar-refractivity contribution < 1.29 is 9.59 Å². The normalized spacial score (nSPS) is 35.0. The second kappa shape index (κ2) is 7.77. The molecular formula is C17H35N2O+. The number of aliphatic hydroxyl groups is 1. The van der Waals surface area contributed by atoms with Gasteiger partial charge in [-0.25, -0.2) is 0 Å². The van der Waals surface area contributed by atoms with Gasteiger partial charge >= 0.3 is 0 Å². The van der Waals surface area contributed by atoms with Crippen LogP contribution in [0.15, 0.2) is 0 Å². The standard InChI is InChI=1S/C17H35N2O/c1-2-3-6-16-11-17(18)14-19(13-16,9-5-10-20)12-15-7-4-8-15/h15-17,20H,2-14,18H2,1H3/q+1. The summed E-state index contributed by atoms with van der Waals surface area (Å²) in [6.45, 7) is 7.56. The van der Waals surface area contributed by atoms with Gasteiger partial charge in [0.05, 0.1) is 32.2 Å². The fourth-order valence-corrected chi connectivity index (χ4v) is 4.45. The lowest BCUT2D eigenvalue weighted by atomic mass is 9.81. The number of hydrogen-bond donors (Lipinski definition) is 2. The van der Waals surface area contributed by atoms with Gasteiger partial charge in [0.25, 0.3) is 0 Å². The minimum Gasteiger partial charge on any atom is -0.396 e. The zero-order valence-corrected chi connectivity index (χ0v) is 13.4.